The number of amides is 4. The van der Waals surface area contributed by atoms with E-state index in [9.17, 15) is 28.8 Å². The van der Waals surface area contributed by atoms with Gasteiger partial charge in [0.2, 0.25) is 0 Å². The van der Waals surface area contributed by atoms with Gasteiger partial charge in [-0.25, -0.2) is 10.0 Å². The number of primary amides is 2. The average molecular weight is 821 g/mol. The van der Waals surface area contributed by atoms with Crippen LogP contribution in [0.1, 0.15) is 119 Å². The largest absolute Gasteiger partial charge is 0.424 e. The van der Waals surface area contributed by atoms with E-state index < -0.39 is 53.0 Å². The zero-order valence-electron chi connectivity index (χ0n) is 32.0. The van der Waals surface area contributed by atoms with Gasteiger partial charge < -0.3 is 20.9 Å². The van der Waals surface area contributed by atoms with Crippen LogP contribution in [0.2, 0.25) is 0 Å². The summed E-state index contributed by atoms with van der Waals surface area (Å²) in [5, 5.41) is 3.04. The van der Waals surface area contributed by atoms with Gasteiger partial charge in [0.15, 0.2) is 11.5 Å². The van der Waals surface area contributed by atoms with E-state index in [2.05, 4.69) is 0 Å². The zero-order chi connectivity index (χ0) is 39.7. The van der Waals surface area contributed by atoms with Crippen molar-refractivity contribution in [2.45, 2.75) is 138 Å². The maximum Gasteiger partial charge on any atom is 0.314 e. The number of hydrogen-bond acceptors (Lipinski definition) is 12. The molecular formula is C38H52N4O8S4. The molecule has 1 aromatic carbocycles. The van der Waals surface area contributed by atoms with Crippen LogP contribution in [0.5, 0.6) is 11.5 Å². The minimum atomic E-state index is -1.03. The van der Waals surface area contributed by atoms with Crippen molar-refractivity contribution in [3.63, 3.8) is 0 Å². The summed E-state index contributed by atoms with van der Waals surface area (Å²) < 4.78 is 13.1. The predicted molar refractivity (Wildman–Crippen MR) is 213 cm³/mol. The Bertz CT molecular complexity index is 1610. The van der Waals surface area contributed by atoms with E-state index in [1.165, 1.54) is 10.0 Å². The first-order valence-corrected chi connectivity index (χ1v) is 22.3. The molecule has 0 aromatic heterocycles. The number of carbonyl (C=O) groups is 6. The summed E-state index contributed by atoms with van der Waals surface area (Å²) in [7, 11) is 0. The molecule has 0 aliphatic carbocycles. The summed E-state index contributed by atoms with van der Waals surface area (Å²) in [6.07, 6.45) is 8.84. The highest BCUT2D eigenvalue weighted by molar-refractivity contribution is 8.26. The van der Waals surface area contributed by atoms with Gasteiger partial charge in [-0.2, -0.15) is 0 Å². The number of benzene rings is 1. The fourth-order valence-electron chi connectivity index (χ4n) is 6.16. The molecule has 2 unspecified atom stereocenters. The molecule has 4 amide bonds. The fraction of sp³-hybridized carbons (Fsp3) is 0.579. The SMILES string of the molecule is CCCCC(CC)C(=O)Oc1c2c(c(OC(=O)C(CC)CCCC)c3c1SC(=C1C(=O)N(CCCC)N(CCCC)C1=O)S3)SC(=C(C(N)=O)C(N)=O)S2. The lowest BCUT2D eigenvalue weighted by atomic mass is 10.00. The normalized spacial score (nSPS) is 16.1. The van der Waals surface area contributed by atoms with Crippen molar-refractivity contribution in [1.29, 1.82) is 0 Å². The lowest BCUT2D eigenvalue weighted by Gasteiger charge is -2.27. The highest BCUT2D eigenvalue weighted by Crippen LogP contribution is 2.68. The minimum Gasteiger partial charge on any atom is -0.424 e. The number of ether oxygens (including phenoxy) is 2. The Hall–Kier alpha value is -3.08. The van der Waals surface area contributed by atoms with Crippen molar-refractivity contribution in [3.05, 3.63) is 19.6 Å². The number of esters is 2. The highest BCUT2D eigenvalue weighted by Gasteiger charge is 2.47. The Morgan fingerprint density at radius 1 is 0.593 bits per heavy atom. The van der Waals surface area contributed by atoms with Gasteiger partial charge in [-0.1, -0.05) is 127 Å². The Morgan fingerprint density at radius 2 is 0.963 bits per heavy atom. The van der Waals surface area contributed by atoms with Crippen LogP contribution in [0.3, 0.4) is 0 Å². The molecule has 0 saturated carbocycles. The smallest absolute Gasteiger partial charge is 0.314 e. The van der Waals surface area contributed by atoms with Crippen LogP contribution < -0.4 is 20.9 Å². The third-order valence-corrected chi connectivity index (χ3v) is 14.6. The molecule has 12 nitrogen and oxygen atoms in total. The summed E-state index contributed by atoms with van der Waals surface area (Å²) in [4.78, 5) is 82.3. The van der Waals surface area contributed by atoms with E-state index in [-0.39, 0.29) is 21.3 Å². The molecule has 54 heavy (non-hydrogen) atoms. The topological polar surface area (TPSA) is 179 Å². The average Bonchev–Trinajstić information content (AvgIpc) is 3.82. The van der Waals surface area contributed by atoms with Gasteiger partial charge in [0.1, 0.15) is 11.1 Å². The van der Waals surface area contributed by atoms with Gasteiger partial charge in [-0.05, 0) is 38.5 Å². The van der Waals surface area contributed by atoms with Crippen LogP contribution in [-0.4, -0.2) is 58.7 Å². The van der Waals surface area contributed by atoms with Gasteiger partial charge in [0, 0.05) is 13.1 Å². The van der Waals surface area contributed by atoms with Crippen molar-refractivity contribution in [2.24, 2.45) is 23.3 Å². The number of nitrogens with zero attached hydrogens (tertiary/aromatic N) is 2. The first-order valence-electron chi connectivity index (χ1n) is 19.0. The molecule has 296 valence electrons. The summed E-state index contributed by atoms with van der Waals surface area (Å²) in [5.41, 5.74) is 10.8. The van der Waals surface area contributed by atoms with E-state index in [1.807, 2.05) is 41.5 Å². The second kappa shape index (κ2) is 20.2. The van der Waals surface area contributed by atoms with Crippen LogP contribution in [0.25, 0.3) is 0 Å². The number of hydrazine groups is 1. The standard InChI is InChI=1S/C38H52N4O8S4/c1-7-13-17-21(11-5)35(47)49-25-27-28(52-37(51-27)23(31(39)43)32(40)44)26(50-36(48)22(12-6)18-14-8-2)30-29(25)53-38(54-30)24-33(45)41(19-15-9-3)42(34(24)46)20-16-10-4/h21-22H,7-20H2,1-6H3,(H2,39,43)(H2,40,44). The molecule has 1 aromatic rings. The van der Waals surface area contributed by atoms with Gasteiger partial charge in [-0.15, -0.1) is 0 Å². The minimum absolute atomic E-state index is 0.0116. The van der Waals surface area contributed by atoms with Crippen molar-refractivity contribution in [2.75, 3.05) is 13.1 Å². The molecule has 0 bridgehead atoms. The second-order valence-corrected chi connectivity index (χ2v) is 17.9. The molecule has 1 saturated heterocycles. The predicted octanol–water partition coefficient (Wildman–Crippen LogP) is 7.91. The van der Waals surface area contributed by atoms with Crippen molar-refractivity contribution in [1.82, 2.24) is 10.0 Å². The van der Waals surface area contributed by atoms with E-state index in [4.69, 9.17) is 20.9 Å². The van der Waals surface area contributed by atoms with Crippen molar-refractivity contribution in [3.8, 4) is 11.5 Å². The van der Waals surface area contributed by atoms with Crippen molar-refractivity contribution < 1.29 is 38.2 Å². The van der Waals surface area contributed by atoms with Crippen LogP contribution in [0.4, 0.5) is 0 Å². The number of nitrogens with two attached hydrogens (primary N) is 2. The molecule has 3 aliphatic rings. The molecule has 4 N–H and O–H groups in total. The summed E-state index contributed by atoms with van der Waals surface area (Å²) in [6, 6.07) is 0. The van der Waals surface area contributed by atoms with E-state index in [0.717, 1.165) is 85.6 Å². The highest BCUT2D eigenvalue weighted by atomic mass is 32.2. The number of fused-ring (bicyclic) bond motifs is 2. The Labute approximate surface area is 335 Å². The fourth-order valence-corrected chi connectivity index (χ4v) is 11.7. The first kappa shape index (κ1) is 43.6. The molecule has 16 heteroatoms. The first-order chi connectivity index (χ1) is 25.9. The molecule has 2 atom stereocenters. The van der Waals surface area contributed by atoms with Crippen LogP contribution >= 0.6 is 47.0 Å². The molecule has 1 fully saturated rings. The molecule has 4 rings (SSSR count). The van der Waals surface area contributed by atoms with Gasteiger partial charge in [0.25, 0.3) is 23.6 Å². The van der Waals surface area contributed by atoms with E-state index in [0.29, 0.717) is 75.4 Å². The molecule has 3 heterocycles. The summed E-state index contributed by atoms with van der Waals surface area (Å²) >= 11 is 4.18. The third-order valence-electron chi connectivity index (χ3n) is 9.42. The Morgan fingerprint density at radius 3 is 1.30 bits per heavy atom. The third kappa shape index (κ3) is 9.47. The Balaban J connectivity index is 1.97. The number of carbonyl (C=O) groups excluding carboxylic acids is 6. The van der Waals surface area contributed by atoms with Gasteiger partial charge >= 0.3 is 11.9 Å². The van der Waals surface area contributed by atoms with Gasteiger partial charge in [-0.3, -0.25) is 28.8 Å². The van der Waals surface area contributed by atoms with E-state index >= 15 is 0 Å². The van der Waals surface area contributed by atoms with Crippen molar-refractivity contribution >= 4 is 82.6 Å². The molecule has 0 spiro atoms. The van der Waals surface area contributed by atoms with Crippen LogP contribution in [-0.2, 0) is 28.8 Å². The maximum absolute atomic E-state index is 14.1. The molecule has 3 aliphatic heterocycles. The molecule has 0 radical (unpaired) electrons. The summed E-state index contributed by atoms with van der Waals surface area (Å²) in [5.74, 6) is -4.35. The number of thioether (sulfide) groups is 4. The second-order valence-electron chi connectivity index (χ2n) is 13.3. The van der Waals surface area contributed by atoms with E-state index in [1.54, 1.807) is 0 Å². The van der Waals surface area contributed by atoms with Crippen LogP contribution in [0, 0.1) is 11.8 Å². The number of hydrogen-bond donors (Lipinski definition) is 2. The monoisotopic (exact) mass is 820 g/mol. The number of rotatable bonds is 20. The lowest BCUT2D eigenvalue weighted by Crippen LogP contribution is -2.42. The zero-order valence-corrected chi connectivity index (χ0v) is 35.3. The maximum atomic E-state index is 14.1. The molecular weight excluding hydrogens is 769 g/mol. The lowest BCUT2D eigenvalue weighted by molar-refractivity contribution is -0.147. The summed E-state index contributed by atoms with van der Waals surface area (Å²) in [6.45, 7) is 12.7. The number of unbranched alkanes of at least 4 members (excludes halogenated alkanes) is 4. The van der Waals surface area contributed by atoms with Crippen LogP contribution in [0.15, 0.2) is 39.2 Å². The Kier molecular flexibility index (Phi) is 16.3. The van der Waals surface area contributed by atoms with Gasteiger partial charge in [0.05, 0.1) is 39.9 Å². The quantitative estimate of drug-likeness (QED) is 0.0428.